The Morgan fingerprint density at radius 3 is 2.84 bits per heavy atom. The first-order valence-electron chi connectivity index (χ1n) is 8.54. The van der Waals surface area contributed by atoms with Crippen molar-refractivity contribution in [3.05, 3.63) is 47.5 Å². The summed E-state index contributed by atoms with van der Waals surface area (Å²) in [6, 6.07) is 8.18. The maximum Gasteiger partial charge on any atom is 0.148 e. The van der Waals surface area contributed by atoms with Gasteiger partial charge >= 0.3 is 0 Å². The maximum absolute atomic E-state index is 6.52. The van der Waals surface area contributed by atoms with Crippen LogP contribution in [0.1, 0.15) is 5.69 Å². The molecule has 1 fully saturated rings. The minimum Gasteiger partial charge on any atom is -0.353 e. The number of nitrogens with zero attached hydrogens (tertiary/aromatic N) is 4. The molecule has 7 heteroatoms. The molecule has 6 nitrogen and oxygen atoms in total. The van der Waals surface area contributed by atoms with Gasteiger partial charge in [-0.3, -0.25) is 0 Å². The van der Waals surface area contributed by atoms with E-state index in [4.69, 9.17) is 22.3 Å². The molecule has 0 bridgehead atoms. The van der Waals surface area contributed by atoms with Crippen LogP contribution in [0.3, 0.4) is 0 Å². The Balaban J connectivity index is 1.68. The number of anilines is 1. The van der Waals surface area contributed by atoms with Gasteiger partial charge in [-0.25, -0.2) is 9.97 Å². The van der Waals surface area contributed by atoms with Crippen LogP contribution >= 0.6 is 11.6 Å². The second-order valence-corrected chi connectivity index (χ2v) is 6.63. The van der Waals surface area contributed by atoms with Crippen LogP contribution in [-0.4, -0.2) is 47.3 Å². The van der Waals surface area contributed by atoms with Gasteiger partial charge < -0.3 is 20.5 Å². The number of halogens is 1. The van der Waals surface area contributed by atoms with E-state index in [9.17, 15) is 0 Å². The van der Waals surface area contributed by atoms with E-state index in [1.165, 1.54) is 0 Å². The second kappa shape index (κ2) is 7.00. The van der Waals surface area contributed by atoms with E-state index < -0.39 is 0 Å². The Morgan fingerprint density at radius 2 is 2.04 bits per heavy atom. The van der Waals surface area contributed by atoms with Crippen LogP contribution in [-0.2, 0) is 6.42 Å². The summed E-state index contributed by atoms with van der Waals surface area (Å²) in [5, 5.41) is 5.07. The van der Waals surface area contributed by atoms with Crippen molar-refractivity contribution < 1.29 is 0 Å². The Bertz CT molecular complexity index is 884. The maximum atomic E-state index is 6.52. The molecule has 0 atom stereocenters. The number of nitrogens with one attached hydrogen (secondary N) is 1. The Labute approximate surface area is 151 Å². The number of aromatic nitrogens is 3. The molecular formula is C18H21ClN6. The number of nitrogens with two attached hydrogens (primary N) is 1. The smallest absolute Gasteiger partial charge is 0.148 e. The zero-order valence-electron chi connectivity index (χ0n) is 14.0. The van der Waals surface area contributed by atoms with Crippen molar-refractivity contribution in [1.29, 1.82) is 0 Å². The highest BCUT2D eigenvalue weighted by molar-refractivity contribution is 6.33. The number of hydrogen-bond donors (Lipinski definition) is 2. The SMILES string of the molecule is NCCc1cn(-c2ccc3nc(N4CCNCC4)c(Cl)cc3c2)cn1. The zero-order chi connectivity index (χ0) is 17.2. The van der Waals surface area contributed by atoms with Crippen molar-refractivity contribution >= 4 is 28.3 Å². The number of imidazole rings is 1. The summed E-state index contributed by atoms with van der Waals surface area (Å²) < 4.78 is 2.00. The topological polar surface area (TPSA) is 72.0 Å². The standard InChI is InChI=1S/C18H21ClN6/c19-16-10-13-9-15(25-11-14(3-4-20)22-12-25)1-2-17(13)23-18(16)24-7-5-21-6-8-24/h1-2,9-12,21H,3-8,20H2. The molecule has 0 spiro atoms. The number of hydrogen-bond acceptors (Lipinski definition) is 5. The highest BCUT2D eigenvalue weighted by atomic mass is 35.5. The van der Waals surface area contributed by atoms with Crippen molar-refractivity contribution in [1.82, 2.24) is 19.9 Å². The number of piperazine rings is 1. The monoisotopic (exact) mass is 356 g/mol. The van der Waals surface area contributed by atoms with Gasteiger partial charge in [-0.05, 0) is 30.8 Å². The largest absolute Gasteiger partial charge is 0.353 e. The molecule has 3 aromatic rings. The van der Waals surface area contributed by atoms with E-state index in [2.05, 4.69) is 27.3 Å². The van der Waals surface area contributed by atoms with Gasteiger partial charge in [-0.2, -0.15) is 0 Å². The van der Waals surface area contributed by atoms with Crippen molar-refractivity contribution in [2.75, 3.05) is 37.6 Å². The Hall–Kier alpha value is -2.15. The van der Waals surface area contributed by atoms with Crippen molar-refractivity contribution in [2.24, 2.45) is 5.73 Å². The lowest BCUT2D eigenvalue weighted by Crippen LogP contribution is -2.44. The fourth-order valence-corrected chi connectivity index (χ4v) is 3.45. The minimum atomic E-state index is 0.600. The van der Waals surface area contributed by atoms with Gasteiger partial charge in [-0.1, -0.05) is 11.6 Å². The molecule has 2 aromatic heterocycles. The lowest BCUT2D eigenvalue weighted by atomic mass is 10.2. The lowest BCUT2D eigenvalue weighted by molar-refractivity contribution is 0.585. The minimum absolute atomic E-state index is 0.600. The summed E-state index contributed by atoms with van der Waals surface area (Å²) in [5.74, 6) is 0.872. The molecule has 3 N–H and O–H groups in total. The van der Waals surface area contributed by atoms with Crippen LogP contribution in [0.4, 0.5) is 5.82 Å². The highest BCUT2D eigenvalue weighted by Gasteiger charge is 2.16. The Morgan fingerprint density at radius 1 is 1.20 bits per heavy atom. The van der Waals surface area contributed by atoms with Crippen LogP contribution < -0.4 is 16.0 Å². The average molecular weight is 357 g/mol. The Kier molecular flexibility index (Phi) is 4.57. The molecular weight excluding hydrogens is 336 g/mol. The number of rotatable bonds is 4. The normalized spacial score (nSPS) is 15.0. The molecule has 3 heterocycles. The van der Waals surface area contributed by atoms with Crippen molar-refractivity contribution in [2.45, 2.75) is 6.42 Å². The highest BCUT2D eigenvalue weighted by Crippen LogP contribution is 2.29. The number of pyridine rings is 1. The van der Waals surface area contributed by atoms with E-state index in [0.29, 0.717) is 11.6 Å². The molecule has 4 rings (SSSR count). The molecule has 0 radical (unpaired) electrons. The van der Waals surface area contributed by atoms with Gasteiger partial charge in [0.05, 0.1) is 22.6 Å². The first-order valence-corrected chi connectivity index (χ1v) is 8.92. The van der Waals surface area contributed by atoms with Crippen LogP contribution in [0, 0.1) is 0 Å². The van der Waals surface area contributed by atoms with E-state index in [-0.39, 0.29) is 0 Å². The zero-order valence-corrected chi connectivity index (χ0v) is 14.7. The number of benzene rings is 1. The first-order chi connectivity index (χ1) is 12.2. The van der Waals surface area contributed by atoms with Gasteiger partial charge in [0.2, 0.25) is 0 Å². The van der Waals surface area contributed by atoms with Crippen molar-refractivity contribution in [3.8, 4) is 5.69 Å². The summed E-state index contributed by atoms with van der Waals surface area (Å²) in [5.41, 5.74) is 8.57. The van der Waals surface area contributed by atoms with Gasteiger partial charge in [-0.15, -0.1) is 0 Å². The molecule has 0 saturated carbocycles. The summed E-state index contributed by atoms with van der Waals surface area (Å²) in [6.45, 7) is 4.37. The summed E-state index contributed by atoms with van der Waals surface area (Å²) in [6.07, 6.45) is 4.61. The van der Waals surface area contributed by atoms with Gasteiger partial charge in [0.1, 0.15) is 5.82 Å². The fourth-order valence-electron chi connectivity index (χ4n) is 3.17. The summed E-state index contributed by atoms with van der Waals surface area (Å²) >= 11 is 6.52. The van der Waals surface area contributed by atoms with Crippen LogP contribution in [0.5, 0.6) is 0 Å². The lowest BCUT2D eigenvalue weighted by Gasteiger charge is -2.29. The third kappa shape index (κ3) is 3.33. The van der Waals surface area contributed by atoms with Gasteiger partial charge in [0, 0.05) is 49.9 Å². The molecule has 25 heavy (non-hydrogen) atoms. The molecule has 1 aromatic carbocycles. The van der Waals surface area contributed by atoms with Crippen molar-refractivity contribution in [3.63, 3.8) is 0 Å². The quantitative estimate of drug-likeness (QED) is 0.748. The predicted molar refractivity (Wildman–Crippen MR) is 102 cm³/mol. The van der Waals surface area contributed by atoms with E-state index in [1.54, 1.807) is 0 Å². The summed E-state index contributed by atoms with van der Waals surface area (Å²) in [4.78, 5) is 11.4. The fraction of sp³-hybridized carbons (Fsp3) is 0.333. The van der Waals surface area contributed by atoms with E-state index in [0.717, 1.165) is 60.7 Å². The predicted octanol–water partition coefficient (Wildman–Crippen LogP) is 1.98. The second-order valence-electron chi connectivity index (χ2n) is 6.22. The molecule has 0 amide bonds. The van der Waals surface area contributed by atoms with Crippen LogP contribution in [0.15, 0.2) is 36.8 Å². The molecule has 0 unspecified atom stereocenters. The number of fused-ring (bicyclic) bond motifs is 1. The summed E-state index contributed by atoms with van der Waals surface area (Å²) in [7, 11) is 0. The van der Waals surface area contributed by atoms with Crippen LogP contribution in [0.2, 0.25) is 5.02 Å². The molecule has 0 aliphatic carbocycles. The molecule has 1 aliphatic heterocycles. The molecule has 1 saturated heterocycles. The van der Waals surface area contributed by atoms with Gasteiger partial charge in [0.15, 0.2) is 0 Å². The molecule has 1 aliphatic rings. The third-order valence-electron chi connectivity index (χ3n) is 4.48. The van der Waals surface area contributed by atoms with E-state index >= 15 is 0 Å². The molecule has 130 valence electrons. The van der Waals surface area contributed by atoms with Crippen LogP contribution in [0.25, 0.3) is 16.6 Å². The van der Waals surface area contributed by atoms with Gasteiger partial charge in [0.25, 0.3) is 0 Å². The first kappa shape index (κ1) is 16.3. The van der Waals surface area contributed by atoms with E-state index in [1.807, 2.05) is 29.2 Å². The third-order valence-corrected chi connectivity index (χ3v) is 4.76. The average Bonchev–Trinajstić information content (AvgIpc) is 3.10.